The molecule has 0 aliphatic heterocycles. The van der Waals surface area contributed by atoms with Gasteiger partial charge < -0.3 is 39.9 Å². The molecule has 0 aromatic carbocycles. The normalized spacial score (nSPS) is 24.5. The van der Waals surface area contributed by atoms with Crippen LogP contribution in [0.5, 0.6) is 0 Å². The topological polar surface area (TPSA) is 210 Å². The highest BCUT2D eigenvalue weighted by Gasteiger charge is 2.51. The summed E-state index contributed by atoms with van der Waals surface area (Å²) < 4.78 is 33.2. The number of carbonyl (C=O) groups excluding carboxylic acids is 2. The molecule has 1 rings (SSSR count). The number of hydrogen-bond acceptors (Lipinski definition) is 12. The van der Waals surface area contributed by atoms with Crippen LogP contribution in [0.2, 0.25) is 0 Å². The monoisotopic (exact) mass is 724 g/mol. The first kappa shape index (κ1) is 45.6. The van der Waals surface area contributed by atoms with Crippen molar-refractivity contribution in [2.75, 3.05) is 13.2 Å². The number of aliphatic hydroxyl groups excluding tert-OH is 5. The smallest absolute Gasteiger partial charge is 0.462 e. The second-order valence-electron chi connectivity index (χ2n) is 13.1. The zero-order valence-electron chi connectivity index (χ0n) is 29.7. The average molecular weight is 725 g/mol. The van der Waals surface area contributed by atoms with E-state index in [9.17, 15) is 44.6 Å². The number of phosphoric ester groups is 1. The Morgan fingerprint density at radius 3 is 1.63 bits per heavy atom. The van der Waals surface area contributed by atoms with Crippen molar-refractivity contribution in [2.24, 2.45) is 0 Å². The summed E-state index contributed by atoms with van der Waals surface area (Å²) in [7, 11) is -5.10. The van der Waals surface area contributed by atoms with Crippen LogP contribution in [0, 0.1) is 0 Å². The average Bonchev–Trinajstić information content (AvgIpc) is 3.07. The lowest BCUT2D eigenvalue weighted by atomic mass is 9.85. The summed E-state index contributed by atoms with van der Waals surface area (Å²) in [5.74, 6) is -1.11. The number of hydrogen-bond donors (Lipinski definition) is 6. The van der Waals surface area contributed by atoms with Gasteiger partial charge in [0.2, 0.25) is 0 Å². The van der Waals surface area contributed by atoms with Gasteiger partial charge >= 0.3 is 19.8 Å². The summed E-state index contributed by atoms with van der Waals surface area (Å²) in [6.07, 6.45) is 10.3. The van der Waals surface area contributed by atoms with Gasteiger partial charge in [0.25, 0.3) is 0 Å². The van der Waals surface area contributed by atoms with E-state index >= 15 is 0 Å². The van der Waals surface area contributed by atoms with E-state index in [4.69, 9.17) is 18.5 Å². The van der Waals surface area contributed by atoms with Crippen LogP contribution in [-0.4, -0.2) is 98.3 Å². The fourth-order valence-corrected chi connectivity index (χ4v) is 6.55. The summed E-state index contributed by atoms with van der Waals surface area (Å²) in [5, 5.41) is 49.8. The third kappa shape index (κ3) is 20.9. The van der Waals surface area contributed by atoms with Gasteiger partial charge in [0.05, 0.1) is 6.61 Å². The largest absolute Gasteiger partial charge is 0.472 e. The van der Waals surface area contributed by atoms with Crippen LogP contribution in [0.4, 0.5) is 0 Å². The van der Waals surface area contributed by atoms with Crippen molar-refractivity contribution in [1.82, 2.24) is 0 Å². The molecule has 1 aliphatic rings. The first-order chi connectivity index (χ1) is 23.4. The molecule has 6 N–H and O–H groups in total. The number of esters is 2. The summed E-state index contributed by atoms with van der Waals surface area (Å²) in [6, 6.07) is 0. The number of unbranched alkanes of at least 4 members (excludes halogenated alkanes) is 15. The van der Waals surface area contributed by atoms with Gasteiger partial charge in [0, 0.05) is 12.8 Å². The molecule has 1 fully saturated rings. The van der Waals surface area contributed by atoms with E-state index in [1.807, 2.05) is 0 Å². The summed E-state index contributed by atoms with van der Waals surface area (Å²) in [4.78, 5) is 35.3. The van der Waals surface area contributed by atoms with Crippen molar-refractivity contribution in [1.29, 1.82) is 0 Å². The number of ether oxygens (including phenoxy) is 2. The van der Waals surface area contributed by atoms with Crippen molar-refractivity contribution >= 4 is 19.8 Å². The van der Waals surface area contributed by atoms with E-state index in [0.29, 0.717) is 12.8 Å². The summed E-state index contributed by atoms with van der Waals surface area (Å²) in [6.45, 7) is 3.12. The number of rotatable bonds is 29. The molecule has 0 bridgehead atoms. The first-order valence-electron chi connectivity index (χ1n) is 18.5. The van der Waals surface area contributed by atoms with Crippen LogP contribution in [-0.2, 0) is 32.7 Å². The molecule has 0 radical (unpaired) electrons. The Kier molecular flexibility index (Phi) is 25.4. The molecule has 0 saturated heterocycles. The third-order valence-corrected chi connectivity index (χ3v) is 9.60. The van der Waals surface area contributed by atoms with E-state index in [2.05, 4.69) is 26.0 Å². The maximum Gasteiger partial charge on any atom is 0.472 e. The van der Waals surface area contributed by atoms with Gasteiger partial charge in [0.1, 0.15) is 43.2 Å². The summed E-state index contributed by atoms with van der Waals surface area (Å²) >= 11 is 0. The molecule has 0 aromatic rings. The van der Waals surface area contributed by atoms with Crippen molar-refractivity contribution in [3.63, 3.8) is 0 Å². The van der Waals surface area contributed by atoms with E-state index in [1.54, 1.807) is 0 Å². The first-order valence-corrected chi connectivity index (χ1v) is 20.0. The Bertz CT molecular complexity index is 932. The number of aliphatic hydroxyl groups is 5. The van der Waals surface area contributed by atoms with Gasteiger partial charge in [-0.2, -0.15) is 0 Å². The molecule has 288 valence electrons. The molecule has 3 unspecified atom stereocenters. The quantitative estimate of drug-likeness (QED) is 0.0255. The highest BCUT2D eigenvalue weighted by Crippen LogP contribution is 2.47. The van der Waals surface area contributed by atoms with Crippen molar-refractivity contribution < 1.29 is 63.1 Å². The predicted octanol–water partition coefficient (Wildman–Crippen LogP) is 5.16. The van der Waals surface area contributed by atoms with Gasteiger partial charge in [-0.15, -0.1) is 0 Å². The molecule has 1 saturated carbocycles. The van der Waals surface area contributed by atoms with E-state index in [0.717, 1.165) is 57.8 Å². The zero-order valence-corrected chi connectivity index (χ0v) is 30.6. The highest BCUT2D eigenvalue weighted by molar-refractivity contribution is 7.47. The maximum absolute atomic E-state index is 12.7. The number of carbonyl (C=O) groups is 2. The lowest BCUT2D eigenvalue weighted by Gasteiger charge is -2.41. The molecule has 0 amide bonds. The molecule has 0 aromatic heterocycles. The second kappa shape index (κ2) is 27.3. The van der Waals surface area contributed by atoms with Gasteiger partial charge in [-0.25, -0.2) is 4.57 Å². The maximum atomic E-state index is 12.7. The van der Waals surface area contributed by atoms with Gasteiger partial charge in [-0.05, 0) is 32.1 Å². The third-order valence-electron chi connectivity index (χ3n) is 8.62. The van der Waals surface area contributed by atoms with E-state index in [-0.39, 0.29) is 12.8 Å². The van der Waals surface area contributed by atoms with E-state index < -0.39 is 75.7 Å². The Morgan fingerprint density at radius 1 is 0.633 bits per heavy atom. The fourth-order valence-electron chi connectivity index (χ4n) is 5.58. The number of allylic oxidation sites excluding steroid dienone is 2. The molecular formula is C35H65O13P. The molecular weight excluding hydrogens is 659 g/mol. The van der Waals surface area contributed by atoms with Crippen molar-refractivity contribution in [3.05, 3.63) is 12.2 Å². The Morgan fingerprint density at radius 2 is 1.10 bits per heavy atom. The van der Waals surface area contributed by atoms with Crippen LogP contribution < -0.4 is 0 Å². The summed E-state index contributed by atoms with van der Waals surface area (Å²) in [5.41, 5.74) is 0. The minimum Gasteiger partial charge on any atom is -0.462 e. The molecule has 0 heterocycles. The predicted molar refractivity (Wildman–Crippen MR) is 184 cm³/mol. The second-order valence-corrected chi connectivity index (χ2v) is 14.5. The Balaban J connectivity index is 2.57. The van der Waals surface area contributed by atoms with Crippen molar-refractivity contribution in [2.45, 2.75) is 185 Å². The molecule has 0 spiro atoms. The van der Waals surface area contributed by atoms with Crippen LogP contribution in [0.15, 0.2) is 12.2 Å². The van der Waals surface area contributed by atoms with Crippen LogP contribution in [0.25, 0.3) is 0 Å². The number of phosphoric acid groups is 1. The SMILES string of the molecule is CC/C=C\CCCCCCCC(=O)O[C@@H](COC(=O)CCCCCCCCCCCCC)COP(=O)(O)OC1[C@H](O)[C@H](O)C(O)[C@H](O)[C@H]1O. The molecule has 14 heteroatoms. The minimum atomic E-state index is -5.10. The zero-order chi connectivity index (χ0) is 36.5. The molecule has 8 atom stereocenters. The van der Waals surface area contributed by atoms with Crippen molar-refractivity contribution in [3.8, 4) is 0 Å². The van der Waals surface area contributed by atoms with Crippen LogP contribution >= 0.6 is 7.82 Å². The minimum absolute atomic E-state index is 0.0881. The van der Waals surface area contributed by atoms with Crippen LogP contribution in [0.3, 0.4) is 0 Å². The highest BCUT2D eigenvalue weighted by atomic mass is 31.2. The van der Waals surface area contributed by atoms with E-state index in [1.165, 1.54) is 44.9 Å². The fraction of sp³-hybridized carbons (Fsp3) is 0.886. The van der Waals surface area contributed by atoms with Crippen LogP contribution in [0.1, 0.15) is 142 Å². The van der Waals surface area contributed by atoms with Gasteiger partial charge in [-0.3, -0.25) is 18.6 Å². The molecule has 13 nitrogen and oxygen atoms in total. The lowest BCUT2D eigenvalue weighted by molar-refractivity contribution is -0.220. The Labute approximate surface area is 293 Å². The standard InChI is InChI=1S/C35H65O13P/c1-3-5-7-9-11-13-14-16-17-19-21-23-28(36)45-25-27(47-29(37)24-22-20-18-15-12-10-8-6-4-2)26-46-49(43,44)48-35-33(41)31(39)30(38)32(40)34(35)42/h6,8,27,30-35,38-42H,3-5,7,9-26H2,1-2H3,(H,43,44)/b8-6-/t27-,30?,31-,32+,33+,34+,35?/m0/s1. The molecule has 49 heavy (non-hydrogen) atoms. The lowest BCUT2D eigenvalue weighted by Crippen LogP contribution is -2.64. The van der Waals surface area contributed by atoms with Gasteiger partial charge in [0.15, 0.2) is 6.10 Å². The molecule has 1 aliphatic carbocycles. The van der Waals surface area contributed by atoms with Gasteiger partial charge in [-0.1, -0.05) is 109 Å². The Hall–Kier alpha value is -1.41.